The van der Waals surface area contributed by atoms with Crippen LogP contribution in [0.3, 0.4) is 0 Å². The van der Waals surface area contributed by atoms with Crippen LogP contribution in [0.5, 0.6) is 0 Å². The number of fused-ring (bicyclic) bond motifs is 1. The predicted molar refractivity (Wildman–Crippen MR) is 126 cm³/mol. The molecule has 1 aliphatic heterocycles. The second kappa shape index (κ2) is 9.62. The molecule has 8 heteroatoms. The Bertz CT molecular complexity index is 1040. The molecule has 176 valence electrons. The lowest BCUT2D eigenvalue weighted by Gasteiger charge is -2.32. The number of carbonyl (C=O) groups is 3. The number of ether oxygens (including phenoxy) is 1. The van der Waals surface area contributed by atoms with E-state index < -0.39 is 17.5 Å². The highest BCUT2D eigenvalue weighted by molar-refractivity contribution is 5.94. The molecule has 0 aliphatic carbocycles. The summed E-state index contributed by atoms with van der Waals surface area (Å²) in [4.78, 5) is 39.3. The summed E-state index contributed by atoms with van der Waals surface area (Å²) in [6.07, 6.45) is 0. The first-order valence-electron chi connectivity index (χ1n) is 10.9. The van der Waals surface area contributed by atoms with Crippen LogP contribution in [0.25, 0.3) is 0 Å². The van der Waals surface area contributed by atoms with Crippen LogP contribution >= 0.6 is 0 Å². The number of nitrogens with zero attached hydrogens (tertiary/aromatic N) is 3. The van der Waals surface area contributed by atoms with Crippen molar-refractivity contribution in [3.05, 3.63) is 64.7 Å². The van der Waals surface area contributed by atoms with Crippen LogP contribution in [0.1, 0.15) is 47.8 Å². The van der Waals surface area contributed by atoms with Gasteiger partial charge < -0.3 is 15.4 Å². The summed E-state index contributed by atoms with van der Waals surface area (Å²) < 4.78 is 5.48. The van der Waals surface area contributed by atoms with Crippen LogP contribution < -0.4 is 10.6 Å². The number of likely N-dealkylation sites (N-methyl/N-ethyl adjacent to an activating group) is 1. The normalized spacial score (nSPS) is 13.4. The SMILES string of the molecule is Cc1ccc(C(N)=O)cc1N(CC(=O)OC(C)(C)C)CC(=O)N(C)N1Cc2ccccc2C1. The molecule has 0 atom stereocenters. The van der Waals surface area contributed by atoms with Gasteiger partial charge in [-0.3, -0.25) is 19.4 Å². The number of hydrazine groups is 1. The molecule has 0 saturated heterocycles. The van der Waals surface area contributed by atoms with Gasteiger partial charge in [-0.25, -0.2) is 5.01 Å². The first kappa shape index (κ1) is 24.3. The van der Waals surface area contributed by atoms with Crippen LogP contribution in [-0.2, 0) is 27.4 Å². The van der Waals surface area contributed by atoms with Crippen LogP contribution in [0.2, 0.25) is 0 Å². The number of primary amides is 1. The molecule has 8 nitrogen and oxygen atoms in total. The number of rotatable bonds is 7. The standard InChI is InChI=1S/C25H32N4O4/c1-17-10-11-18(24(26)32)12-21(17)28(16-23(31)33-25(2,3)4)15-22(30)27(5)29-13-19-8-6-7-9-20(19)14-29/h6-12H,13-16H2,1-5H3,(H2,26,32). The zero-order valence-electron chi connectivity index (χ0n) is 19.9. The van der Waals surface area contributed by atoms with Gasteiger partial charge in [0.25, 0.3) is 5.91 Å². The lowest BCUT2D eigenvalue weighted by molar-refractivity contribution is -0.153. The molecule has 0 fully saturated rings. The number of amides is 2. The van der Waals surface area contributed by atoms with Gasteiger partial charge in [0, 0.05) is 31.4 Å². The minimum atomic E-state index is -0.658. The minimum absolute atomic E-state index is 0.0638. The fraction of sp³-hybridized carbons (Fsp3) is 0.400. The highest BCUT2D eigenvalue weighted by Crippen LogP contribution is 2.25. The second-order valence-electron chi connectivity index (χ2n) is 9.32. The zero-order valence-corrected chi connectivity index (χ0v) is 19.9. The van der Waals surface area contributed by atoms with Gasteiger partial charge in [0.1, 0.15) is 12.1 Å². The first-order valence-corrected chi connectivity index (χ1v) is 10.9. The maximum atomic E-state index is 13.3. The fourth-order valence-corrected chi connectivity index (χ4v) is 3.81. The lowest BCUT2D eigenvalue weighted by Crippen LogP contribution is -2.47. The van der Waals surface area contributed by atoms with E-state index in [1.165, 1.54) is 11.1 Å². The number of hydrogen-bond acceptors (Lipinski definition) is 6. The molecule has 0 radical (unpaired) electrons. The maximum Gasteiger partial charge on any atom is 0.326 e. The number of anilines is 1. The Morgan fingerprint density at radius 3 is 2.18 bits per heavy atom. The Kier molecular flexibility index (Phi) is 7.07. The second-order valence-corrected chi connectivity index (χ2v) is 9.32. The Morgan fingerprint density at radius 1 is 1.03 bits per heavy atom. The number of aryl methyl sites for hydroxylation is 1. The van der Waals surface area contributed by atoms with Gasteiger partial charge in [-0.15, -0.1) is 0 Å². The van der Waals surface area contributed by atoms with Crippen LogP contribution in [-0.4, -0.2) is 53.5 Å². The zero-order chi connectivity index (χ0) is 24.3. The largest absolute Gasteiger partial charge is 0.459 e. The Balaban J connectivity index is 1.82. The van der Waals surface area contributed by atoms with Crippen molar-refractivity contribution < 1.29 is 19.1 Å². The van der Waals surface area contributed by atoms with Gasteiger partial charge in [0.05, 0.1) is 6.54 Å². The molecule has 0 unspecified atom stereocenters. The van der Waals surface area contributed by atoms with Crippen molar-refractivity contribution in [2.75, 3.05) is 25.0 Å². The molecule has 3 rings (SSSR count). The van der Waals surface area contributed by atoms with E-state index in [0.29, 0.717) is 24.3 Å². The molecule has 0 bridgehead atoms. The lowest BCUT2D eigenvalue weighted by atomic mass is 10.1. The van der Waals surface area contributed by atoms with Crippen molar-refractivity contribution in [3.8, 4) is 0 Å². The molecule has 2 aromatic carbocycles. The number of hydrogen-bond donors (Lipinski definition) is 1. The molecule has 33 heavy (non-hydrogen) atoms. The number of benzene rings is 2. The van der Waals surface area contributed by atoms with Crippen LogP contribution in [0, 0.1) is 6.92 Å². The number of carbonyl (C=O) groups excluding carboxylic acids is 3. The Labute approximate surface area is 194 Å². The van der Waals surface area contributed by atoms with E-state index in [0.717, 1.165) is 5.56 Å². The smallest absolute Gasteiger partial charge is 0.326 e. The van der Waals surface area contributed by atoms with Gasteiger partial charge in [-0.2, -0.15) is 0 Å². The molecule has 0 spiro atoms. The Hall–Kier alpha value is -3.39. The van der Waals surface area contributed by atoms with Gasteiger partial charge in [0.15, 0.2) is 0 Å². The minimum Gasteiger partial charge on any atom is -0.459 e. The van der Waals surface area contributed by atoms with Crippen molar-refractivity contribution >= 4 is 23.5 Å². The molecule has 1 heterocycles. The molecule has 0 aromatic heterocycles. The first-order chi connectivity index (χ1) is 15.4. The number of nitrogens with two attached hydrogens (primary N) is 1. The average Bonchev–Trinajstić information content (AvgIpc) is 3.15. The molecule has 2 N–H and O–H groups in total. The van der Waals surface area contributed by atoms with Gasteiger partial charge in [-0.05, 0) is 56.5 Å². The van der Waals surface area contributed by atoms with Crippen molar-refractivity contribution in [1.82, 2.24) is 10.0 Å². The van der Waals surface area contributed by atoms with Crippen molar-refractivity contribution in [2.45, 2.75) is 46.4 Å². The van der Waals surface area contributed by atoms with E-state index in [2.05, 4.69) is 12.1 Å². The van der Waals surface area contributed by atoms with Crippen molar-refractivity contribution in [2.24, 2.45) is 5.73 Å². The van der Waals surface area contributed by atoms with Crippen LogP contribution in [0.15, 0.2) is 42.5 Å². The van der Waals surface area contributed by atoms with Gasteiger partial charge >= 0.3 is 5.97 Å². The highest BCUT2D eigenvalue weighted by Gasteiger charge is 2.28. The summed E-state index contributed by atoms with van der Waals surface area (Å²) in [6, 6.07) is 13.1. The third-order valence-electron chi connectivity index (χ3n) is 5.51. The topological polar surface area (TPSA) is 96.2 Å². The predicted octanol–water partition coefficient (Wildman–Crippen LogP) is 2.63. The third-order valence-corrected chi connectivity index (χ3v) is 5.51. The molecule has 2 aromatic rings. The number of esters is 1. The highest BCUT2D eigenvalue weighted by atomic mass is 16.6. The van der Waals surface area contributed by atoms with Crippen molar-refractivity contribution in [1.29, 1.82) is 0 Å². The van der Waals surface area contributed by atoms with E-state index in [4.69, 9.17) is 10.5 Å². The Morgan fingerprint density at radius 2 is 1.64 bits per heavy atom. The monoisotopic (exact) mass is 452 g/mol. The van der Waals surface area contributed by atoms with E-state index >= 15 is 0 Å². The van der Waals surface area contributed by atoms with E-state index in [1.807, 2.05) is 24.1 Å². The van der Waals surface area contributed by atoms with E-state index in [1.54, 1.807) is 55.9 Å². The van der Waals surface area contributed by atoms with E-state index in [9.17, 15) is 14.4 Å². The summed E-state index contributed by atoms with van der Waals surface area (Å²) in [5, 5.41) is 3.56. The molecule has 0 saturated carbocycles. The molecule has 1 aliphatic rings. The van der Waals surface area contributed by atoms with Gasteiger partial charge in [0.2, 0.25) is 5.91 Å². The summed E-state index contributed by atoms with van der Waals surface area (Å²) in [7, 11) is 1.73. The van der Waals surface area contributed by atoms with E-state index in [-0.39, 0.29) is 19.0 Å². The summed E-state index contributed by atoms with van der Waals surface area (Å²) >= 11 is 0. The summed E-state index contributed by atoms with van der Waals surface area (Å²) in [5.41, 5.74) is 8.88. The molecular weight excluding hydrogens is 420 g/mol. The van der Waals surface area contributed by atoms with Crippen molar-refractivity contribution in [3.63, 3.8) is 0 Å². The molecular formula is C25H32N4O4. The van der Waals surface area contributed by atoms with Crippen LogP contribution in [0.4, 0.5) is 5.69 Å². The third kappa shape index (κ3) is 6.10. The van der Waals surface area contributed by atoms with Gasteiger partial charge in [-0.1, -0.05) is 30.3 Å². The average molecular weight is 453 g/mol. The summed E-state index contributed by atoms with van der Waals surface area (Å²) in [5.74, 6) is -1.22. The summed E-state index contributed by atoms with van der Waals surface area (Å²) in [6.45, 7) is 8.30. The molecule has 2 amide bonds. The maximum absolute atomic E-state index is 13.3. The fourth-order valence-electron chi connectivity index (χ4n) is 3.81. The quantitative estimate of drug-likeness (QED) is 0.649.